The Morgan fingerprint density at radius 3 is 2.94 bits per heavy atom. The minimum absolute atomic E-state index is 0.239. The molecule has 0 aromatic rings. The molecule has 1 N–H and O–H groups in total. The van der Waals surface area contributed by atoms with Gasteiger partial charge in [0, 0.05) is 32.8 Å². The van der Waals surface area contributed by atoms with Crippen LogP contribution in [0.1, 0.15) is 26.7 Å². The van der Waals surface area contributed by atoms with Crippen LogP contribution in [0.15, 0.2) is 0 Å². The van der Waals surface area contributed by atoms with Crippen LogP contribution in [0.4, 0.5) is 0 Å². The Hall–Kier alpha value is -0.610. The first-order chi connectivity index (χ1) is 7.53. The number of amides is 1. The average molecular weight is 226 g/mol. The van der Waals surface area contributed by atoms with Crippen LogP contribution in [0.2, 0.25) is 0 Å². The first-order valence-corrected chi connectivity index (χ1v) is 6.09. The SMILES string of the molecule is COC(C)(C)CC(=O)N1CC[C@H]2CNC[C@H]21. The van der Waals surface area contributed by atoms with Crippen molar-refractivity contribution in [2.24, 2.45) is 5.92 Å². The zero-order valence-electron chi connectivity index (χ0n) is 10.5. The van der Waals surface area contributed by atoms with Crippen molar-refractivity contribution >= 4 is 5.91 Å². The molecule has 16 heavy (non-hydrogen) atoms. The van der Waals surface area contributed by atoms with Gasteiger partial charge in [0.2, 0.25) is 5.91 Å². The third-order valence-electron chi connectivity index (χ3n) is 3.90. The van der Waals surface area contributed by atoms with E-state index in [0.717, 1.165) is 26.1 Å². The molecule has 0 bridgehead atoms. The fourth-order valence-corrected chi connectivity index (χ4v) is 2.70. The van der Waals surface area contributed by atoms with Crippen molar-refractivity contribution in [3.05, 3.63) is 0 Å². The summed E-state index contributed by atoms with van der Waals surface area (Å²) in [5.74, 6) is 0.914. The number of nitrogens with zero attached hydrogens (tertiary/aromatic N) is 1. The number of hydrogen-bond acceptors (Lipinski definition) is 3. The topological polar surface area (TPSA) is 41.6 Å². The molecule has 2 atom stereocenters. The molecule has 2 aliphatic rings. The van der Waals surface area contributed by atoms with Crippen LogP contribution in [-0.2, 0) is 9.53 Å². The lowest BCUT2D eigenvalue weighted by molar-refractivity contribution is -0.137. The van der Waals surface area contributed by atoms with Crippen LogP contribution in [0.3, 0.4) is 0 Å². The molecule has 1 amide bonds. The van der Waals surface area contributed by atoms with E-state index in [9.17, 15) is 4.79 Å². The van der Waals surface area contributed by atoms with E-state index in [1.165, 1.54) is 0 Å². The van der Waals surface area contributed by atoms with Crippen molar-refractivity contribution in [3.8, 4) is 0 Å². The van der Waals surface area contributed by atoms with E-state index in [1.807, 2.05) is 18.7 Å². The Morgan fingerprint density at radius 2 is 2.25 bits per heavy atom. The molecule has 0 spiro atoms. The smallest absolute Gasteiger partial charge is 0.225 e. The molecule has 2 aliphatic heterocycles. The van der Waals surface area contributed by atoms with Gasteiger partial charge in [0.1, 0.15) is 0 Å². The second-order valence-corrected chi connectivity index (χ2v) is 5.50. The largest absolute Gasteiger partial charge is 0.378 e. The van der Waals surface area contributed by atoms with Crippen molar-refractivity contribution in [2.45, 2.75) is 38.3 Å². The minimum atomic E-state index is -0.346. The van der Waals surface area contributed by atoms with Gasteiger partial charge in [-0.1, -0.05) is 0 Å². The van der Waals surface area contributed by atoms with E-state index in [1.54, 1.807) is 7.11 Å². The van der Waals surface area contributed by atoms with Crippen LogP contribution < -0.4 is 5.32 Å². The van der Waals surface area contributed by atoms with Crippen molar-refractivity contribution < 1.29 is 9.53 Å². The summed E-state index contributed by atoms with van der Waals surface area (Å²) in [6, 6.07) is 0.431. The van der Waals surface area contributed by atoms with Gasteiger partial charge < -0.3 is 15.0 Å². The summed E-state index contributed by atoms with van der Waals surface area (Å²) in [4.78, 5) is 14.2. The van der Waals surface area contributed by atoms with E-state index in [0.29, 0.717) is 18.4 Å². The average Bonchev–Trinajstić information content (AvgIpc) is 2.77. The molecular formula is C12H22N2O2. The molecule has 2 rings (SSSR count). The van der Waals surface area contributed by atoms with Crippen LogP contribution in [0.25, 0.3) is 0 Å². The highest BCUT2D eigenvalue weighted by molar-refractivity contribution is 5.78. The van der Waals surface area contributed by atoms with Crippen molar-refractivity contribution in [3.63, 3.8) is 0 Å². The van der Waals surface area contributed by atoms with Gasteiger partial charge in [-0.15, -0.1) is 0 Å². The molecule has 92 valence electrons. The van der Waals surface area contributed by atoms with E-state index in [4.69, 9.17) is 4.74 Å². The number of likely N-dealkylation sites (tertiary alicyclic amines) is 1. The van der Waals surface area contributed by atoms with E-state index in [-0.39, 0.29) is 11.5 Å². The number of carbonyl (C=O) groups excluding carboxylic acids is 1. The molecule has 2 heterocycles. The molecule has 0 aromatic heterocycles. The van der Waals surface area contributed by atoms with E-state index < -0.39 is 0 Å². The van der Waals surface area contributed by atoms with Gasteiger partial charge in [0.05, 0.1) is 12.0 Å². The van der Waals surface area contributed by atoms with Gasteiger partial charge in [-0.05, 0) is 26.2 Å². The molecule has 0 unspecified atom stereocenters. The van der Waals surface area contributed by atoms with Crippen LogP contribution in [0, 0.1) is 5.92 Å². The van der Waals surface area contributed by atoms with Gasteiger partial charge in [-0.25, -0.2) is 0 Å². The van der Waals surface area contributed by atoms with Gasteiger partial charge in [0.15, 0.2) is 0 Å². The fourth-order valence-electron chi connectivity index (χ4n) is 2.70. The minimum Gasteiger partial charge on any atom is -0.378 e. The molecule has 0 aromatic carbocycles. The summed E-state index contributed by atoms with van der Waals surface area (Å²) in [6.45, 7) is 6.89. The summed E-state index contributed by atoms with van der Waals surface area (Å²) in [7, 11) is 1.66. The Balaban J connectivity index is 1.95. The van der Waals surface area contributed by atoms with E-state index in [2.05, 4.69) is 5.32 Å². The highest BCUT2D eigenvalue weighted by Crippen LogP contribution is 2.28. The lowest BCUT2D eigenvalue weighted by Gasteiger charge is -2.28. The highest BCUT2D eigenvalue weighted by atomic mass is 16.5. The number of nitrogens with one attached hydrogen (secondary N) is 1. The Morgan fingerprint density at radius 1 is 1.50 bits per heavy atom. The van der Waals surface area contributed by atoms with Gasteiger partial charge in [-0.2, -0.15) is 0 Å². The third kappa shape index (κ3) is 2.23. The van der Waals surface area contributed by atoms with Crippen LogP contribution in [-0.4, -0.2) is 49.2 Å². The summed E-state index contributed by atoms with van der Waals surface area (Å²) in [6.07, 6.45) is 1.63. The molecular weight excluding hydrogens is 204 g/mol. The molecule has 2 saturated heterocycles. The highest BCUT2D eigenvalue weighted by Gasteiger charge is 2.40. The number of rotatable bonds is 3. The standard InChI is InChI=1S/C12H22N2O2/c1-12(2,16-3)6-11(15)14-5-4-9-7-13-8-10(9)14/h9-10,13H,4-8H2,1-3H3/t9-,10+/m0/s1. The summed E-state index contributed by atoms with van der Waals surface area (Å²) in [5, 5.41) is 3.36. The zero-order chi connectivity index (χ0) is 11.8. The van der Waals surface area contributed by atoms with Crippen molar-refractivity contribution in [1.29, 1.82) is 0 Å². The maximum Gasteiger partial charge on any atom is 0.225 e. The Kier molecular flexibility index (Phi) is 3.22. The first kappa shape index (κ1) is 11.9. The number of ether oxygens (including phenoxy) is 1. The third-order valence-corrected chi connectivity index (χ3v) is 3.90. The second kappa shape index (κ2) is 4.34. The van der Waals surface area contributed by atoms with Crippen LogP contribution in [0.5, 0.6) is 0 Å². The van der Waals surface area contributed by atoms with E-state index >= 15 is 0 Å². The molecule has 0 saturated carbocycles. The number of carbonyl (C=O) groups is 1. The molecule has 0 aliphatic carbocycles. The number of hydrogen-bond donors (Lipinski definition) is 1. The number of methoxy groups -OCH3 is 1. The molecule has 4 nitrogen and oxygen atoms in total. The first-order valence-electron chi connectivity index (χ1n) is 6.09. The van der Waals surface area contributed by atoms with Crippen molar-refractivity contribution in [2.75, 3.05) is 26.7 Å². The second-order valence-electron chi connectivity index (χ2n) is 5.50. The monoisotopic (exact) mass is 226 g/mol. The van der Waals surface area contributed by atoms with Gasteiger partial charge in [0.25, 0.3) is 0 Å². The maximum atomic E-state index is 12.2. The van der Waals surface area contributed by atoms with Gasteiger partial charge >= 0.3 is 0 Å². The predicted molar refractivity (Wildman–Crippen MR) is 62.2 cm³/mol. The summed E-state index contributed by atoms with van der Waals surface area (Å²) in [5.41, 5.74) is -0.346. The lowest BCUT2D eigenvalue weighted by atomic mass is 10.0. The lowest BCUT2D eigenvalue weighted by Crippen LogP contribution is -2.42. The predicted octanol–water partition coefficient (Wildman–Crippen LogP) is 0.622. The maximum absolute atomic E-state index is 12.2. The Labute approximate surface area is 97.3 Å². The van der Waals surface area contributed by atoms with Crippen molar-refractivity contribution in [1.82, 2.24) is 10.2 Å². The quantitative estimate of drug-likeness (QED) is 0.767. The molecule has 0 radical (unpaired) electrons. The summed E-state index contributed by atoms with van der Waals surface area (Å²) < 4.78 is 5.32. The zero-order valence-corrected chi connectivity index (χ0v) is 10.5. The number of fused-ring (bicyclic) bond motifs is 1. The fraction of sp³-hybridized carbons (Fsp3) is 0.917. The normalized spacial score (nSPS) is 29.6. The van der Waals surface area contributed by atoms with Gasteiger partial charge in [-0.3, -0.25) is 4.79 Å². The molecule has 4 heteroatoms. The Bertz CT molecular complexity index is 278. The van der Waals surface area contributed by atoms with Crippen LogP contribution >= 0.6 is 0 Å². The molecule has 2 fully saturated rings. The summed E-state index contributed by atoms with van der Waals surface area (Å²) >= 11 is 0.